The Labute approximate surface area is 98.7 Å². The Morgan fingerprint density at radius 3 is 2.38 bits per heavy atom. The highest BCUT2D eigenvalue weighted by molar-refractivity contribution is 5.19. The number of hydrogen-bond donors (Lipinski definition) is 2. The van der Waals surface area contributed by atoms with Gasteiger partial charge in [-0.2, -0.15) is 0 Å². The van der Waals surface area contributed by atoms with Gasteiger partial charge in [0.25, 0.3) is 0 Å². The standard InChI is InChI=1S/C14H23NO/c1-4-12(10-14(16)11(2)15-3)13-8-6-5-7-9-13/h5-9,11-12,14-16H,4,10H2,1-3H3. The molecule has 1 rings (SSSR count). The summed E-state index contributed by atoms with van der Waals surface area (Å²) in [7, 11) is 1.89. The molecule has 0 bridgehead atoms. The Hall–Kier alpha value is -0.860. The highest BCUT2D eigenvalue weighted by atomic mass is 16.3. The Bertz CT molecular complexity index is 286. The van der Waals surface area contributed by atoms with Crippen LogP contribution in [0.25, 0.3) is 0 Å². The van der Waals surface area contributed by atoms with Crippen molar-refractivity contribution in [3.8, 4) is 0 Å². The summed E-state index contributed by atoms with van der Waals surface area (Å²) in [6, 6.07) is 10.6. The zero-order valence-corrected chi connectivity index (χ0v) is 10.5. The Kier molecular flexibility index (Phi) is 5.50. The first kappa shape index (κ1) is 13.2. The molecule has 1 aromatic carbocycles. The predicted molar refractivity (Wildman–Crippen MR) is 68.6 cm³/mol. The maximum atomic E-state index is 10.0. The summed E-state index contributed by atoms with van der Waals surface area (Å²) < 4.78 is 0. The molecule has 0 fully saturated rings. The highest BCUT2D eigenvalue weighted by Crippen LogP contribution is 2.25. The fraction of sp³-hybridized carbons (Fsp3) is 0.571. The van der Waals surface area contributed by atoms with E-state index in [0.29, 0.717) is 5.92 Å². The lowest BCUT2D eigenvalue weighted by Gasteiger charge is -2.23. The summed E-state index contributed by atoms with van der Waals surface area (Å²) in [6.07, 6.45) is 1.61. The Morgan fingerprint density at radius 2 is 1.88 bits per heavy atom. The number of rotatable bonds is 6. The fourth-order valence-corrected chi connectivity index (χ4v) is 1.95. The van der Waals surface area contributed by atoms with Crippen LogP contribution in [0.2, 0.25) is 0 Å². The lowest BCUT2D eigenvalue weighted by molar-refractivity contribution is 0.120. The van der Waals surface area contributed by atoms with Gasteiger partial charge in [0, 0.05) is 6.04 Å². The van der Waals surface area contributed by atoms with Gasteiger partial charge in [0.15, 0.2) is 0 Å². The van der Waals surface area contributed by atoms with Gasteiger partial charge < -0.3 is 10.4 Å². The molecule has 0 saturated carbocycles. The minimum absolute atomic E-state index is 0.151. The molecule has 0 spiro atoms. The van der Waals surface area contributed by atoms with Crippen molar-refractivity contribution in [3.05, 3.63) is 35.9 Å². The number of nitrogens with one attached hydrogen (secondary N) is 1. The second-order valence-corrected chi connectivity index (χ2v) is 4.40. The first-order chi connectivity index (χ1) is 7.69. The first-order valence-corrected chi connectivity index (χ1v) is 6.09. The second-order valence-electron chi connectivity index (χ2n) is 4.40. The average Bonchev–Trinajstić information content (AvgIpc) is 2.35. The highest BCUT2D eigenvalue weighted by Gasteiger charge is 2.18. The van der Waals surface area contributed by atoms with E-state index in [1.807, 2.05) is 20.0 Å². The van der Waals surface area contributed by atoms with Crippen molar-refractivity contribution in [1.29, 1.82) is 0 Å². The second kappa shape index (κ2) is 6.66. The maximum Gasteiger partial charge on any atom is 0.0696 e. The van der Waals surface area contributed by atoms with Crippen molar-refractivity contribution in [2.45, 2.75) is 44.8 Å². The quantitative estimate of drug-likeness (QED) is 0.773. The van der Waals surface area contributed by atoms with Gasteiger partial charge in [-0.05, 0) is 38.3 Å². The van der Waals surface area contributed by atoms with E-state index in [4.69, 9.17) is 0 Å². The average molecular weight is 221 g/mol. The van der Waals surface area contributed by atoms with Gasteiger partial charge in [0.2, 0.25) is 0 Å². The molecule has 2 nitrogen and oxygen atoms in total. The summed E-state index contributed by atoms with van der Waals surface area (Å²) in [6.45, 7) is 4.19. The van der Waals surface area contributed by atoms with Crippen LogP contribution in [-0.4, -0.2) is 24.3 Å². The van der Waals surface area contributed by atoms with Gasteiger partial charge in [-0.25, -0.2) is 0 Å². The number of aliphatic hydroxyl groups excluding tert-OH is 1. The van der Waals surface area contributed by atoms with Crippen molar-refractivity contribution in [1.82, 2.24) is 5.32 Å². The minimum atomic E-state index is -0.282. The normalized spacial score (nSPS) is 16.8. The molecule has 0 aliphatic rings. The van der Waals surface area contributed by atoms with E-state index < -0.39 is 0 Å². The summed E-state index contributed by atoms with van der Waals surface area (Å²) in [5, 5.41) is 13.1. The Balaban J connectivity index is 2.62. The molecular formula is C14H23NO. The van der Waals surface area contributed by atoms with Crippen LogP contribution in [-0.2, 0) is 0 Å². The molecule has 3 atom stereocenters. The van der Waals surface area contributed by atoms with E-state index in [9.17, 15) is 5.11 Å². The van der Waals surface area contributed by atoms with Crippen molar-refractivity contribution >= 4 is 0 Å². The molecule has 0 aliphatic carbocycles. The van der Waals surface area contributed by atoms with Gasteiger partial charge in [-0.1, -0.05) is 37.3 Å². The molecule has 0 aromatic heterocycles. The molecule has 0 heterocycles. The van der Waals surface area contributed by atoms with Crippen molar-refractivity contribution in [2.75, 3.05) is 7.05 Å². The predicted octanol–water partition coefficient (Wildman–Crippen LogP) is 2.54. The lowest BCUT2D eigenvalue weighted by atomic mass is 9.89. The smallest absolute Gasteiger partial charge is 0.0696 e. The summed E-state index contributed by atoms with van der Waals surface area (Å²) >= 11 is 0. The molecule has 2 N–H and O–H groups in total. The van der Waals surface area contributed by atoms with Gasteiger partial charge >= 0.3 is 0 Å². The van der Waals surface area contributed by atoms with E-state index in [1.165, 1.54) is 5.56 Å². The topological polar surface area (TPSA) is 32.3 Å². The van der Waals surface area contributed by atoms with E-state index in [-0.39, 0.29) is 12.1 Å². The molecule has 0 amide bonds. The van der Waals surface area contributed by atoms with Crippen LogP contribution >= 0.6 is 0 Å². The maximum absolute atomic E-state index is 10.0. The van der Waals surface area contributed by atoms with Crippen molar-refractivity contribution in [3.63, 3.8) is 0 Å². The molecule has 3 unspecified atom stereocenters. The lowest BCUT2D eigenvalue weighted by Crippen LogP contribution is -2.35. The van der Waals surface area contributed by atoms with E-state index in [2.05, 4.69) is 36.5 Å². The third kappa shape index (κ3) is 3.62. The van der Waals surface area contributed by atoms with Crippen LogP contribution in [0.3, 0.4) is 0 Å². The fourth-order valence-electron chi connectivity index (χ4n) is 1.95. The van der Waals surface area contributed by atoms with Crippen LogP contribution in [0, 0.1) is 0 Å². The third-order valence-corrected chi connectivity index (χ3v) is 3.32. The minimum Gasteiger partial charge on any atom is -0.391 e. The monoisotopic (exact) mass is 221 g/mol. The van der Waals surface area contributed by atoms with E-state index >= 15 is 0 Å². The molecule has 2 heteroatoms. The van der Waals surface area contributed by atoms with Crippen LogP contribution in [0.5, 0.6) is 0 Å². The molecule has 0 aliphatic heterocycles. The zero-order valence-electron chi connectivity index (χ0n) is 10.5. The molecule has 0 saturated heterocycles. The molecule has 1 aromatic rings. The number of hydrogen-bond acceptors (Lipinski definition) is 2. The third-order valence-electron chi connectivity index (χ3n) is 3.32. The summed E-state index contributed by atoms with van der Waals surface area (Å²) in [4.78, 5) is 0. The van der Waals surface area contributed by atoms with Gasteiger partial charge in [-0.15, -0.1) is 0 Å². The number of aliphatic hydroxyl groups is 1. The van der Waals surface area contributed by atoms with Gasteiger partial charge in [0.1, 0.15) is 0 Å². The molecule has 90 valence electrons. The van der Waals surface area contributed by atoms with Crippen LogP contribution in [0.4, 0.5) is 0 Å². The van der Waals surface area contributed by atoms with Gasteiger partial charge in [-0.3, -0.25) is 0 Å². The van der Waals surface area contributed by atoms with Gasteiger partial charge in [0.05, 0.1) is 6.10 Å². The zero-order chi connectivity index (χ0) is 12.0. The Morgan fingerprint density at radius 1 is 1.25 bits per heavy atom. The van der Waals surface area contributed by atoms with Crippen LogP contribution in [0.1, 0.15) is 38.2 Å². The van der Waals surface area contributed by atoms with Crippen LogP contribution < -0.4 is 5.32 Å². The molecule has 16 heavy (non-hydrogen) atoms. The van der Waals surface area contributed by atoms with Crippen molar-refractivity contribution in [2.24, 2.45) is 0 Å². The molecule has 0 radical (unpaired) electrons. The van der Waals surface area contributed by atoms with E-state index in [0.717, 1.165) is 12.8 Å². The SMILES string of the molecule is CCC(CC(O)C(C)NC)c1ccccc1. The number of likely N-dealkylation sites (N-methyl/N-ethyl adjacent to an activating group) is 1. The summed E-state index contributed by atoms with van der Waals surface area (Å²) in [5.41, 5.74) is 1.33. The molecular weight excluding hydrogens is 198 g/mol. The summed E-state index contributed by atoms with van der Waals surface area (Å²) in [5.74, 6) is 0.451. The van der Waals surface area contributed by atoms with Crippen LogP contribution in [0.15, 0.2) is 30.3 Å². The van der Waals surface area contributed by atoms with Crippen molar-refractivity contribution < 1.29 is 5.11 Å². The number of benzene rings is 1. The van der Waals surface area contributed by atoms with E-state index in [1.54, 1.807) is 0 Å². The first-order valence-electron chi connectivity index (χ1n) is 6.09. The largest absolute Gasteiger partial charge is 0.391 e.